The van der Waals surface area contributed by atoms with E-state index in [-0.39, 0.29) is 12.2 Å². The molecule has 1 aliphatic heterocycles. The molecule has 112 valence electrons. The van der Waals surface area contributed by atoms with E-state index in [1.165, 1.54) is 0 Å². The summed E-state index contributed by atoms with van der Waals surface area (Å²) in [6, 6.07) is 7.87. The molecular weight excluding hydrogens is 288 g/mol. The van der Waals surface area contributed by atoms with Gasteiger partial charge in [-0.25, -0.2) is 9.78 Å². The van der Waals surface area contributed by atoms with E-state index >= 15 is 0 Å². The van der Waals surface area contributed by atoms with Crippen LogP contribution in [0, 0.1) is 0 Å². The van der Waals surface area contributed by atoms with Crippen molar-refractivity contribution in [2.75, 3.05) is 0 Å². The van der Waals surface area contributed by atoms with Gasteiger partial charge in [-0.2, -0.15) is 0 Å². The molecule has 0 bridgehead atoms. The lowest BCUT2D eigenvalue weighted by Gasteiger charge is -2.43. The highest BCUT2D eigenvalue weighted by molar-refractivity contribution is 6.30. The van der Waals surface area contributed by atoms with Crippen LogP contribution in [-0.4, -0.2) is 18.0 Å². The van der Waals surface area contributed by atoms with Crippen molar-refractivity contribution >= 4 is 17.2 Å². The Bertz CT molecular complexity index is 546. The quantitative estimate of drug-likeness (QED) is 0.715. The highest BCUT2D eigenvalue weighted by Crippen LogP contribution is 2.44. The number of benzene rings is 1. The van der Waals surface area contributed by atoms with Gasteiger partial charge in [-0.15, -0.1) is 0 Å². The summed E-state index contributed by atoms with van der Waals surface area (Å²) in [5, 5.41) is 0.744. The van der Waals surface area contributed by atoms with Gasteiger partial charge in [-0.3, -0.25) is 0 Å². The normalized spacial score (nSPS) is 31.0. The van der Waals surface area contributed by atoms with E-state index in [9.17, 15) is 0 Å². The maximum Gasteiger partial charge on any atom is 0.201 e. The standard InChI is InChI=1S/C17H19ClO3/c18-13-8-6-12(7-9-13)14-4-3-5-15-16(14)20-21-17(19-15)10-1-2-11-17/h4,6-9,15-16H,1-3,5,10-11H2/t15-,16-/m0/s1. The molecule has 0 unspecified atom stereocenters. The van der Waals surface area contributed by atoms with Crippen LogP contribution in [0.5, 0.6) is 0 Å². The Morgan fingerprint density at radius 3 is 2.62 bits per heavy atom. The third-order valence-corrected chi connectivity index (χ3v) is 4.92. The maximum atomic E-state index is 6.30. The van der Waals surface area contributed by atoms with Gasteiger partial charge in [0.05, 0.1) is 6.10 Å². The topological polar surface area (TPSA) is 27.7 Å². The molecule has 2 aliphatic carbocycles. The number of hydrogen-bond donors (Lipinski definition) is 0. The van der Waals surface area contributed by atoms with Gasteiger partial charge in [0.2, 0.25) is 5.79 Å². The second kappa shape index (κ2) is 5.40. The summed E-state index contributed by atoms with van der Waals surface area (Å²) in [6.07, 6.45) is 8.38. The van der Waals surface area contributed by atoms with Crippen LogP contribution in [0.15, 0.2) is 30.3 Å². The van der Waals surface area contributed by atoms with Crippen molar-refractivity contribution in [2.45, 2.75) is 56.5 Å². The molecule has 4 heteroatoms. The molecule has 0 aromatic heterocycles. The Hall–Kier alpha value is -0.870. The minimum Gasteiger partial charge on any atom is -0.341 e. The van der Waals surface area contributed by atoms with Crippen LogP contribution >= 0.6 is 11.6 Å². The number of halogens is 1. The molecule has 3 aliphatic rings. The van der Waals surface area contributed by atoms with E-state index in [1.54, 1.807) is 0 Å². The first kappa shape index (κ1) is 13.8. The van der Waals surface area contributed by atoms with E-state index in [2.05, 4.69) is 6.08 Å². The van der Waals surface area contributed by atoms with E-state index < -0.39 is 5.79 Å². The molecule has 21 heavy (non-hydrogen) atoms. The predicted molar refractivity (Wildman–Crippen MR) is 80.7 cm³/mol. The molecule has 4 rings (SSSR count). The van der Waals surface area contributed by atoms with Gasteiger partial charge in [0, 0.05) is 17.9 Å². The monoisotopic (exact) mass is 306 g/mol. The largest absolute Gasteiger partial charge is 0.341 e. The molecule has 0 amide bonds. The van der Waals surface area contributed by atoms with Crippen LogP contribution in [-0.2, 0) is 14.5 Å². The number of rotatable bonds is 1. The molecule has 1 aromatic rings. The fraction of sp³-hybridized carbons (Fsp3) is 0.529. The fourth-order valence-electron chi connectivity index (χ4n) is 3.58. The maximum absolute atomic E-state index is 6.30. The molecule has 0 radical (unpaired) electrons. The molecule has 2 atom stereocenters. The number of ether oxygens (including phenoxy) is 1. The fourth-order valence-corrected chi connectivity index (χ4v) is 3.71. The van der Waals surface area contributed by atoms with Crippen LogP contribution < -0.4 is 0 Å². The molecule has 2 fully saturated rings. The average molecular weight is 307 g/mol. The summed E-state index contributed by atoms with van der Waals surface area (Å²) in [5.74, 6) is -0.483. The summed E-state index contributed by atoms with van der Waals surface area (Å²) in [4.78, 5) is 11.5. The molecule has 1 saturated carbocycles. The molecule has 1 aromatic carbocycles. The summed E-state index contributed by atoms with van der Waals surface area (Å²) in [7, 11) is 0. The molecule has 0 N–H and O–H groups in total. The van der Waals surface area contributed by atoms with Gasteiger partial charge < -0.3 is 4.74 Å². The third-order valence-electron chi connectivity index (χ3n) is 4.67. The van der Waals surface area contributed by atoms with Crippen LogP contribution in [0.3, 0.4) is 0 Å². The van der Waals surface area contributed by atoms with Crippen LogP contribution in [0.25, 0.3) is 5.57 Å². The number of allylic oxidation sites excluding steroid dienone is 1. The van der Waals surface area contributed by atoms with E-state index in [0.717, 1.165) is 54.7 Å². The SMILES string of the molecule is Clc1ccc(C2=CCC[C@@H]3OC4(CCCC4)OO[C@@H]23)cc1. The Kier molecular flexibility index (Phi) is 3.54. The first-order valence-electron chi connectivity index (χ1n) is 7.74. The highest BCUT2D eigenvalue weighted by atomic mass is 35.5. The summed E-state index contributed by atoms with van der Waals surface area (Å²) >= 11 is 5.97. The molecular formula is C17H19ClO3. The zero-order valence-electron chi connectivity index (χ0n) is 11.9. The Morgan fingerprint density at radius 1 is 1.10 bits per heavy atom. The summed E-state index contributed by atoms with van der Waals surface area (Å²) in [5.41, 5.74) is 2.28. The first-order valence-corrected chi connectivity index (χ1v) is 8.12. The number of fused-ring (bicyclic) bond motifs is 1. The lowest BCUT2D eigenvalue weighted by molar-refractivity contribution is -0.492. The van der Waals surface area contributed by atoms with Gasteiger partial charge in [-0.05, 0) is 49.0 Å². The minimum absolute atomic E-state index is 0.0903. The first-order chi connectivity index (χ1) is 10.3. The summed E-state index contributed by atoms with van der Waals surface area (Å²) < 4.78 is 6.30. The van der Waals surface area contributed by atoms with Gasteiger partial charge in [0.1, 0.15) is 6.10 Å². The molecule has 1 saturated heterocycles. The minimum atomic E-state index is -0.483. The molecule has 3 nitrogen and oxygen atoms in total. The van der Waals surface area contributed by atoms with Gasteiger partial charge in [0.25, 0.3) is 0 Å². The van der Waals surface area contributed by atoms with E-state index in [4.69, 9.17) is 26.1 Å². The third kappa shape index (κ3) is 2.53. The zero-order chi connectivity index (χ0) is 14.3. The lowest BCUT2D eigenvalue weighted by atomic mass is 9.88. The van der Waals surface area contributed by atoms with Crippen molar-refractivity contribution in [3.05, 3.63) is 40.9 Å². The second-order valence-electron chi connectivity index (χ2n) is 6.12. The smallest absolute Gasteiger partial charge is 0.201 e. The van der Waals surface area contributed by atoms with Gasteiger partial charge in [-0.1, -0.05) is 29.8 Å². The van der Waals surface area contributed by atoms with Crippen molar-refractivity contribution < 1.29 is 14.5 Å². The Morgan fingerprint density at radius 2 is 1.86 bits per heavy atom. The lowest BCUT2D eigenvalue weighted by Crippen LogP contribution is -2.50. The molecule has 1 heterocycles. The van der Waals surface area contributed by atoms with E-state index in [1.807, 2.05) is 24.3 Å². The second-order valence-corrected chi connectivity index (χ2v) is 6.55. The van der Waals surface area contributed by atoms with Crippen molar-refractivity contribution in [3.8, 4) is 0 Å². The highest BCUT2D eigenvalue weighted by Gasteiger charge is 2.48. The predicted octanol–water partition coefficient (Wildman–Crippen LogP) is 4.50. The van der Waals surface area contributed by atoms with Crippen molar-refractivity contribution in [1.29, 1.82) is 0 Å². The van der Waals surface area contributed by atoms with Crippen molar-refractivity contribution in [1.82, 2.24) is 0 Å². The Labute approximate surface area is 129 Å². The van der Waals surface area contributed by atoms with Crippen molar-refractivity contribution in [2.24, 2.45) is 0 Å². The van der Waals surface area contributed by atoms with Crippen LogP contribution in [0.2, 0.25) is 5.02 Å². The van der Waals surface area contributed by atoms with Crippen LogP contribution in [0.4, 0.5) is 0 Å². The van der Waals surface area contributed by atoms with Crippen LogP contribution in [0.1, 0.15) is 44.1 Å². The molecule has 1 spiro atoms. The number of hydrogen-bond acceptors (Lipinski definition) is 3. The average Bonchev–Trinajstić information content (AvgIpc) is 2.95. The van der Waals surface area contributed by atoms with E-state index in [0.29, 0.717) is 0 Å². The Balaban J connectivity index is 1.58. The van der Waals surface area contributed by atoms with Gasteiger partial charge in [0.15, 0.2) is 0 Å². The summed E-state index contributed by atoms with van der Waals surface area (Å²) in [6.45, 7) is 0. The van der Waals surface area contributed by atoms with Gasteiger partial charge >= 0.3 is 0 Å². The van der Waals surface area contributed by atoms with Crippen molar-refractivity contribution in [3.63, 3.8) is 0 Å². The zero-order valence-corrected chi connectivity index (χ0v) is 12.6.